The van der Waals surface area contributed by atoms with Gasteiger partial charge in [-0.15, -0.1) is 11.3 Å². The molecule has 7 nitrogen and oxygen atoms in total. The zero-order valence-corrected chi connectivity index (χ0v) is 19.0. The van der Waals surface area contributed by atoms with E-state index in [9.17, 15) is 9.59 Å². The quantitative estimate of drug-likeness (QED) is 0.469. The fraction of sp³-hybridized carbons (Fsp3) is 0.565. The first-order chi connectivity index (χ1) is 15.1. The van der Waals surface area contributed by atoms with E-state index in [1.54, 1.807) is 23.7 Å². The smallest absolute Gasteiger partial charge is 0.315 e. The van der Waals surface area contributed by atoms with Gasteiger partial charge in [-0.25, -0.2) is 9.78 Å². The minimum Gasteiger partial charge on any atom is -0.347 e. The molecule has 0 aromatic carbocycles. The number of aromatic nitrogens is 2. The third-order valence-electron chi connectivity index (χ3n) is 5.53. The molecular formula is C23H33N5O2S. The van der Waals surface area contributed by atoms with Gasteiger partial charge < -0.3 is 16.0 Å². The molecule has 1 saturated carbocycles. The van der Waals surface area contributed by atoms with Crippen LogP contribution in [-0.4, -0.2) is 34.5 Å². The van der Waals surface area contributed by atoms with E-state index >= 15 is 0 Å². The average Bonchev–Trinajstić information content (AvgIpc) is 3.28. The van der Waals surface area contributed by atoms with Crippen LogP contribution in [0.3, 0.4) is 0 Å². The molecule has 2 heterocycles. The lowest BCUT2D eigenvalue weighted by Gasteiger charge is -2.22. The molecular weight excluding hydrogens is 410 g/mol. The molecule has 8 heteroatoms. The van der Waals surface area contributed by atoms with Crippen molar-refractivity contribution in [3.8, 4) is 11.3 Å². The van der Waals surface area contributed by atoms with Gasteiger partial charge in [-0.05, 0) is 44.7 Å². The molecule has 0 saturated heterocycles. The van der Waals surface area contributed by atoms with E-state index < -0.39 is 0 Å². The number of rotatable bonds is 10. The lowest BCUT2D eigenvalue weighted by atomic mass is 9.96. The number of pyridine rings is 1. The summed E-state index contributed by atoms with van der Waals surface area (Å²) < 4.78 is 0. The van der Waals surface area contributed by atoms with Crippen molar-refractivity contribution in [3.05, 3.63) is 34.9 Å². The lowest BCUT2D eigenvalue weighted by Crippen LogP contribution is -2.43. The minimum atomic E-state index is -0.118. The van der Waals surface area contributed by atoms with Crippen LogP contribution in [0.2, 0.25) is 0 Å². The predicted molar refractivity (Wildman–Crippen MR) is 124 cm³/mol. The normalized spacial score (nSPS) is 15.3. The van der Waals surface area contributed by atoms with E-state index in [2.05, 4.69) is 25.9 Å². The highest BCUT2D eigenvalue weighted by Crippen LogP contribution is 2.25. The summed E-state index contributed by atoms with van der Waals surface area (Å²) in [7, 11) is 0. The second-order valence-electron chi connectivity index (χ2n) is 8.15. The minimum absolute atomic E-state index is 0.0358. The maximum absolute atomic E-state index is 12.2. The van der Waals surface area contributed by atoms with Crippen molar-refractivity contribution in [2.75, 3.05) is 6.54 Å². The highest BCUT2D eigenvalue weighted by molar-refractivity contribution is 7.10. The Labute approximate surface area is 188 Å². The molecule has 0 bridgehead atoms. The van der Waals surface area contributed by atoms with Crippen molar-refractivity contribution in [2.45, 2.75) is 76.8 Å². The summed E-state index contributed by atoms with van der Waals surface area (Å²) in [6.45, 7) is 2.60. The Morgan fingerprint density at radius 1 is 1.19 bits per heavy atom. The van der Waals surface area contributed by atoms with E-state index in [1.165, 1.54) is 19.3 Å². The maximum atomic E-state index is 12.2. The zero-order chi connectivity index (χ0) is 21.9. The molecule has 1 aliphatic rings. The van der Waals surface area contributed by atoms with Gasteiger partial charge in [0.25, 0.3) is 0 Å². The van der Waals surface area contributed by atoms with Gasteiger partial charge in [0.1, 0.15) is 5.01 Å². The van der Waals surface area contributed by atoms with Gasteiger partial charge in [0, 0.05) is 42.3 Å². The topological polar surface area (TPSA) is 96.0 Å². The fourth-order valence-electron chi connectivity index (χ4n) is 3.78. The van der Waals surface area contributed by atoms with Crippen LogP contribution in [0, 0.1) is 0 Å². The summed E-state index contributed by atoms with van der Waals surface area (Å²) in [6, 6.07) is 4.01. The largest absolute Gasteiger partial charge is 0.347 e. The number of thiazole rings is 1. The molecule has 0 radical (unpaired) electrons. The number of carbonyl (C=O) groups is 2. The Kier molecular flexibility index (Phi) is 9.27. The van der Waals surface area contributed by atoms with Gasteiger partial charge in [0.05, 0.1) is 11.7 Å². The number of carbonyl (C=O) groups excluding carboxylic acids is 2. The molecule has 0 aliphatic heterocycles. The third kappa shape index (κ3) is 7.94. The van der Waals surface area contributed by atoms with Crippen LogP contribution in [0.15, 0.2) is 29.9 Å². The second-order valence-corrected chi connectivity index (χ2v) is 9.04. The highest BCUT2D eigenvalue weighted by Gasteiger charge is 2.16. The van der Waals surface area contributed by atoms with Gasteiger partial charge in [-0.2, -0.15) is 0 Å². The van der Waals surface area contributed by atoms with Crippen molar-refractivity contribution in [1.29, 1.82) is 0 Å². The Morgan fingerprint density at radius 3 is 2.81 bits per heavy atom. The molecule has 3 N–H and O–H groups in total. The Bertz CT molecular complexity index is 820. The summed E-state index contributed by atoms with van der Waals surface area (Å²) >= 11 is 1.54. The Morgan fingerprint density at radius 2 is 2.03 bits per heavy atom. The molecule has 31 heavy (non-hydrogen) atoms. The van der Waals surface area contributed by atoms with Gasteiger partial charge in [-0.1, -0.05) is 25.7 Å². The van der Waals surface area contributed by atoms with Crippen LogP contribution < -0.4 is 16.0 Å². The fourth-order valence-corrected chi connectivity index (χ4v) is 4.62. The van der Waals surface area contributed by atoms with E-state index in [4.69, 9.17) is 0 Å². The van der Waals surface area contributed by atoms with Crippen LogP contribution >= 0.6 is 11.3 Å². The number of hydrogen-bond donors (Lipinski definition) is 3. The first kappa shape index (κ1) is 23.2. The standard InChI is InChI=1S/C23H33N5O2S/c1-17(22-28-20(16-31-22)18-9-8-13-24-15-18)26-21(29)12-6-3-7-14-25-23(30)27-19-10-4-2-5-11-19/h8-9,13,15-17,19H,2-7,10-12,14H2,1H3,(H,26,29)(H2,25,27,30). The van der Waals surface area contributed by atoms with E-state index in [0.717, 1.165) is 48.4 Å². The van der Waals surface area contributed by atoms with E-state index in [-0.39, 0.29) is 18.0 Å². The van der Waals surface area contributed by atoms with Crippen LogP contribution in [0.4, 0.5) is 4.79 Å². The highest BCUT2D eigenvalue weighted by atomic mass is 32.1. The molecule has 1 aliphatic carbocycles. The molecule has 0 spiro atoms. The molecule has 1 unspecified atom stereocenters. The molecule has 1 fully saturated rings. The Hall–Kier alpha value is -2.48. The SMILES string of the molecule is CC(NC(=O)CCCCCNC(=O)NC1CCCCC1)c1nc(-c2cccnc2)cs1. The predicted octanol–water partition coefficient (Wildman–Crippen LogP) is 4.57. The van der Waals surface area contributed by atoms with Crippen LogP contribution in [0.1, 0.15) is 75.8 Å². The number of hydrogen-bond acceptors (Lipinski definition) is 5. The van der Waals surface area contributed by atoms with Gasteiger partial charge in [-0.3, -0.25) is 9.78 Å². The Balaban J connectivity index is 1.26. The molecule has 3 amide bonds. The summed E-state index contributed by atoms with van der Waals surface area (Å²) in [5, 5.41) is 11.9. The monoisotopic (exact) mass is 443 g/mol. The molecule has 3 rings (SSSR count). The number of amides is 3. The van der Waals surface area contributed by atoms with E-state index in [1.807, 2.05) is 24.4 Å². The summed E-state index contributed by atoms with van der Waals surface area (Å²) in [5.41, 5.74) is 1.86. The lowest BCUT2D eigenvalue weighted by molar-refractivity contribution is -0.121. The van der Waals surface area contributed by atoms with Crippen LogP contribution in [0.25, 0.3) is 11.3 Å². The van der Waals surface area contributed by atoms with Gasteiger partial charge >= 0.3 is 6.03 Å². The number of nitrogens with zero attached hydrogens (tertiary/aromatic N) is 2. The van der Waals surface area contributed by atoms with Crippen molar-refractivity contribution < 1.29 is 9.59 Å². The van der Waals surface area contributed by atoms with Gasteiger partial charge in [0.2, 0.25) is 5.91 Å². The van der Waals surface area contributed by atoms with Crippen molar-refractivity contribution in [1.82, 2.24) is 25.9 Å². The average molecular weight is 444 g/mol. The zero-order valence-electron chi connectivity index (χ0n) is 18.2. The molecule has 168 valence electrons. The van der Waals surface area contributed by atoms with Crippen molar-refractivity contribution >= 4 is 23.3 Å². The second kappa shape index (κ2) is 12.4. The molecule has 2 aromatic rings. The number of urea groups is 1. The van der Waals surface area contributed by atoms with Crippen molar-refractivity contribution in [3.63, 3.8) is 0 Å². The van der Waals surface area contributed by atoms with Gasteiger partial charge in [0.15, 0.2) is 0 Å². The first-order valence-corrected chi connectivity index (χ1v) is 12.2. The van der Waals surface area contributed by atoms with E-state index in [0.29, 0.717) is 19.0 Å². The summed E-state index contributed by atoms with van der Waals surface area (Å²) in [5.74, 6) is 0.0358. The molecule has 2 aromatic heterocycles. The van der Waals surface area contributed by atoms with Crippen LogP contribution in [0.5, 0.6) is 0 Å². The first-order valence-electron chi connectivity index (χ1n) is 11.3. The maximum Gasteiger partial charge on any atom is 0.315 e. The van der Waals surface area contributed by atoms with Crippen LogP contribution in [-0.2, 0) is 4.79 Å². The number of nitrogens with one attached hydrogen (secondary N) is 3. The third-order valence-corrected chi connectivity index (χ3v) is 6.56. The van der Waals surface area contributed by atoms with Crippen molar-refractivity contribution in [2.24, 2.45) is 0 Å². The number of unbranched alkanes of at least 4 members (excludes halogenated alkanes) is 2. The summed E-state index contributed by atoms with van der Waals surface area (Å²) in [4.78, 5) is 32.9. The molecule has 1 atom stereocenters. The summed E-state index contributed by atoms with van der Waals surface area (Å²) in [6.07, 6.45) is 12.5.